The maximum Gasteiger partial charge on any atom is 0.137 e. The average Bonchev–Trinajstić information content (AvgIpc) is 3.07. The maximum atomic E-state index is 4.42. The van der Waals surface area contributed by atoms with Crippen molar-refractivity contribution in [1.82, 2.24) is 19.9 Å². The minimum Gasteiger partial charge on any atom is -0.346 e. The summed E-state index contributed by atoms with van der Waals surface area (Å²) in [5.41, 5.74) is 2.45. The monoisotopic (exact) mass is 338 g/mol. The Bertz CT molecular complexity index is 786. The number of thioether (sulfide) groups is 1. The first kappa shape index (κ1) is 15.7. The number of nitrogens with one attached hydrogen (secondary N) is 1. The topological polar surface area (TPSA) is 44.8 Å². The predicted molar refractivity (Wildman–Crippen MR) is 99.5 cm³/mol. The van der Waals surface area contributed by atoms with Crippen LogP contribution in [0.1, 0.15) is 24.3 Å². The van der Waals surface area contributed by atoms with Gasteiger partial charge in [0.2, 0.25) is 0 Å². The molecule has 1 aliphatic rings. The lowest BCUT2D eigenvalue weighted by Gasteiger charge is -2.32. The fourth-order valence-electron chi connectivity index (χ4n) is 3.55. The first-order chi connectivity index (χ1) is 11.9. The number of aromatic nitrogens is 3. The van der Waals surface area contributed by atoms with Crippen LogP contribution < -0.4 is 0 Å². The maximum absolute atomic E-state index is 4.42. The van der Waals surface area contributed by atoms with Gasteiger partial charge in [-0.05, 0) is 55.1 Å². The molecule has 5 heteroatoms. The van der Waals surface area contributed by atoms with Crippen molar-refractivity contribution in [2.45, 2.75) is 23.7 Å². The van der Waals surface area contributed by atoms with Crippen LogP contribution in [0.5, 0.6) is 0 Å². The van der Waals surface area contributed by atoms with Gasteiger partial charge in [0, 0.05) is 53.9 Å². The van der Waals surface area contributed by atoms with E-state index in [1.165, 1.54) is 35.2 Å². The molecule has 4 heterocycles. The quantitative estimate of drug-likeness (QED) is 0.716. The number of hydrogen-bond donors (Lipinski definition) is 1. The molecule has 0 amide bonds. The van der Waals surface area contributed by atoms with Gasteiger partial charge in [-0.2, -0.15) is 0 Å². The van der Waals surface area contributed by atoms with Crippen molar-refractivity contribution in [3.8, 4) is 0 Å². The molecule has 1 unspecified atom stereocenters. The molecule has 4 rings (SSSR count). The fraction of sp³-hybridized carbons (Fsp3) is 0.368. The van der Waals surface area contributed by atoms with Crippen LogP contribution >= 0.6 is 11.8 Å². The molecule has 1 atom stereocenters. The highest BCUT2D eigenvalue weighted by atomic mass is 32.2. The normalized spacial score (nSPS) is 18.9. The van der Waals surface area contributed by atoms with Crippen molar-refractivity contribution in [1.29, 1.82) is 0 Å². The number of nitrogens with zero attached hydrogens (tertiary/aromatic N) is 3. The van der Waals surface area contributed by atoms with Crippen LogP contribution in [0.3, 0.4) is 0 Å². The molecule has 1 saturated heterocycles. The number of likely N-dealkylation sites (tertiary alicyclic amines) is 1. The molecule has 1 aliphatic heterocycles. The van der Waals surface area contributed by atoms with E-state index in [9.17, 15) is 0 Å². The average molecular weight is 338 g/mol. The van der Waals surface area contributed by atoms with E-state index in [4.69, 9.17) is 0 Å². The molecule has 0 saturated carbocycles. The van der Waals surface area contributed by atoms with Crippen molar-refractivity contribution in [3.63, 3.8) is 0 Å². The van der Waals surface area contributed by atoms with Gasteiger partial charge >= 0.3 is 0 Å². The minimum atomic E-state index is 0.614. The molecule has 3 aromatic rings. The van der Waals surface area contributed by atoms with Gasteiger partial charge in [0.1, 0.15) is 5.65 Å². The Kier molecular flexibility index (Phi) is 4.81. The Hall–Kier alpha value is -1.85. The van der Waals surface area contributed by atoms with Crippen LogP contribution in [0.4, 0.5) is 0 Å². The van der Waals surface area contributed by atoms with E-state index in [0.29, 0.717) is 5.92 Å². The molecule has 1 N–H and O–H groups in total. The summed E-state index contributed by atoms with van der Waals surface area (Å²) in [5.74, 6) is 1.74. The van der Waals surface area contributed by atoms with Gasteiger partial charge in [0.15, 0.2) is 0 Å². The number of H-pyrrole nitrogens is 1. The summed E-state index contributed by atoms with van der Waals surface area (Å²) in [7, 11) is 0. The zero-order chi connectivity index (χ0) is 16.2. The molecule has 1 fully saturated rings. The lowest BCUT2D eigenvalue weighted by atomic mass is 9.91. The Morgan fingerprint density at radius 2 is 2.12 bits per heavy atom. The van der Waals surface area contributed by atoms with Crippen molar-refractivity contribution in [2.24, 2.45) is 0 Å². The number of pyridine rings is 2. The number of fused-ring (bicyclic) bond motifs is 1. The van der Waals surface area contributed by atoms with Gasteiger partial charge in [-0.25, -0.2) is 4.98 Å². The van der Waals surface area contributed by atoms with E-state index in [1.807, 2.05) is 36.4 Å². The van der Waals surface area contributed by atoms with Gasteiger partial charge in [-0.3, -0.25) is 4.98 Å². The SMILES string of the molecule is c1cnc2[nH]cc(C3CCCN(CCSc4ccncc4)C3)c2c1. The lowest BCUT2D eigenvalue weighted by molar-refractivity contribution is 0.220. The molecule has 0 radical (unpaired) electrons. The van der Waals surface area contributed by atoms with Crippen LogP contribution in [0, 0.1) is 0 Å². The van der Waals surface area contributed by atoms with Crippen LogP contribution in [0.25, 0.3) is 11.0 Å². The van der Waals surface area contributed by atoms with Crippen LogP contribution in [0.15, 0.2) is 53.9 Å². The second kappa shape index (κ2) is 7.36. The Morgan fingerprint density at radius 1 is 1.21 bits per heavy atom. The highest BCUT2D eigenvalue weighted by Gasteiger charge is 2.23. The summed E-state index contributed by atoms with van der Waals surface area (Å²) in [6.45, 7) is 3.51. The molecule has 24 heavy (non-hydrogen) atoms. The summed E-state index contributed by atoms with van der Waals surface area (Å²) in [6, 6.07) is 8.39. The van der Waals surface area contributed by atoms with Crippen LogP contribution in [-0.4, -0.2) is 45.2 Å². The predicted octanol–water partition coefficient (Wildman–Crippen LogP) is 3.93. The van der Waals surface area contributed by atoms with E-state index < -0.39 is 0 Å². The molecule has 0 aromatic carbocycles. The van der Waals surface area contributed by atoms with E-state index in [2.05, 4.69) is 44.2 Å². The second-order valence-electron chi connectivity index (χ2n) is 6.31. The summed E-state index contributed by atoms with van der Waals surface area (Å²) >= 11 is 1.92. The number of rotatable bonds is 5. The van der Waals surface area contributed by atoms with Gasteiger partial charge in [-0.15, -0.1) is 11.8 Å². The van der Waals surface area contributed by atoms with E-state index in [-0.39, 0.29) is 0 Å². The van der Waals surface area contributed by atoms with Gasteiger partial charge in [-0.1, -0.05) is 0 Å². The highest BCUT2D eigenvalue weighted by Crippen LogP contribution is 2.31. The second-order valence-corrected chi connectivity index (χ2v) is 7.48. The first-order valence-corrected chi connectivity index (χ1v) is 9.56. The molecule has 0 aliphatic carbocycles. The van der Waals surface area contributed by atoms with Crippen molar-refractivity contribution < 1.29 is 0 Å². The van der Waals surface area contributed by atoms with E-state index >= 15 is 0 Å². The largest absolute Gasteiger partial charge is 0.346 e. The fourth-order valence-corrected chi connectivity index (χ4v) is 4.45. The van der Waals surface area contributed by atoms with E-state index in [0.717, 1.165) is 24.5 Å². The summed E-state index contributed by atoms with van der Waals surface area (Å²) in [4.78, 5) is 15.7. The minimum absolute atomic E-state index is 0.614. The van der Waals surface area contributed by atoms with Gasteiger partial charge in [0.05, 0.1) is 0 Å². The number of hydrogen-bond acceptors (Lipinski definition) is 4. The molecule has 0 spiro atoms. The van der Waals surface area contributed by atoms with Crippen molar-refractivity contribution >= 4 is 22.8 Å². The smallest absolute Gasteiger partial charge is 0.137 e. The van der Waals surface area contributed by atoms with Crippen molar-refractivity contribution in [3.05, 3.63) is 54.6 Å². The van der Waals surface area contributed by atoms with Gasteiger partial charge in [0.25, 0.3) is 0 Å². The molecule has 0 bridgehead atoms. The third kappa shape index (κ3) is 3.47. The molecule has 4 nitrogen and oxygen atoms in total. The lowest BCUT2D eigenvalue weighted by Crippen LogP contribution is -2.35. The number of piperidine rings is 1. The number of aromatic amines is 1. The Labute approximate surface area is 146 Å². The third-order valence-corrected chi connectivity index (χ3v) is 5.75. The third-order valence-electron chi connectivity index (χ3n) is 4.75. The summed E-state index contributed by atoms with van der Waals surface area (Å²) in [5, 5.41) is 1.29. The Morgan fingerprint density at radius 3 is 3.04 bits per heavy atom. The highest BCUT2D eigenvalue weighted by molar-refractivity contribution is 7.99. The van der Waals surface area contributed by atoms with E-state index in [1.54, 1.807) is 0 Å². The van der Waals surface area contributed by atoms with Gasteiger partial charge < -0.3 is 9.88 Å². The summed E-state index contributed by atoms with van der Waals surface area (Å²) in [6.07, 6.45) is 10.3. The Balaban J connectivity index is 1.37. The van der Waals surface area contributed by atoms with Crippen molar-refractivity contribution in [2.75, 3.05) is 25.4 Å². The first-order valence-electron chi connectivity index (χ1n) is 8.57. The molecule has 124 valence electrons. The summed E-state index contributed by atoms with van der Waals surface area (Å²) < 4.78 is 0. The van der Waals surface area contributed by atoms with Crippen LogP contribution in [0.2, 0.25) is 0 Å². The van der Waals surface area contributed by atoms with Crippen LogP contribution in [-0.2, 0) is 0 Å². The zero-order valence-corrected chi connectivity index (χ0v) is 14.5. The zero-order valence-electron chi connectivity index (χ0n) is 13.7. The molecular formula is C19H22N4S. The molecular weight excluding hydrogens is 316 g/mol. The molecule has 3 aromatic heterocycles. The standard InChI is InChI=1S/C19H22N4S/c1-4-17-18(13-22-19(17)21-7-1)15-3-2-10-23(14-15)11-12-24-16-5-8-20-9-6-16/h1,4-9,13,15H,2-3,10-12,14H2,(H,21,22).